The van der Waals surface area contributed by atoms with Crippen LogP contribution in [0, 0.1) is 11.6 Å². The monoisotopic (exact) mass is 336 g/mol. The molecule has 0 unspecified atom stereocenters. The molecule has 0 saturated heterocycles. The van der Waals surface area contributed by atoms with E-state index < -0.39 is 23.3 Å². The summed E-state index contributed by atoms with van der Waals surface area (Å²) in [6.07, 6.45) is 1.31. The molecule has 4 nitrogen and oxygen atoms in total. The predicted octanol–water partition coefficient (Wildman–Crippen LogP) is 4.27. The average Bonchev–Trinajstić information content (AvgIpc) is 2.89. The molecule has 130 valence electrons. The van der Waals surface area contributed by atoms with E-state index in [2.05, 4.69) is 0 Å². The number of benzene rings is 1. The van der Waals surface area contributed by atoms with Crippen molar-refractivity contribution in [2.75, 3.05) is 7.05 Å². The van der Waals surface area contributed by atoms with Crippen LogP contribution in [0.5, 0.6) is 0 Å². The van der Waals surface area contributed by atoms with Crippen molar-refractivity contribution < 1.29 is 18.3 Å². The molecule has 0 N–H and O–H groups in total. The van der Waals surface area contributed by atoms with Crippen molar-refractivity contribution in [3.8, 4) is 0 Å². The SMILES string of the molecule is C[C@@H]1c2cc(F)c(F)c3ccn(c23)C[C@H]1N(C)C(=O)OC(C)(C)C. The molecule has 2 atom stereocenters. The van der Waals surface area contributed by atoms with Gasteiger partial charge in [0.2, 0.25) is 0 Å². The fraction of sp³-hybridized carbons (Fsp3) is 0.500. The molecular weight excluding hydrogens is 314 g/mol. The third kappa shape index (κ3) is 2.64. The number of amides is 1. The predicted molar refractivity (Wildman–Crippen MR) is 88.1 cm³/mol. The lowest BCUT2D eigenvalue weighted by Crippen LogP contribution is -2.46. The van der Waals surface area contributed by atoms with Gasteiger partial charge >= 0.3 is 6.09 Å². The zero-order valence-electron chi connectivity index (χ0n) is 14.6. The highest BCUT2D eigenvalue weighted by atomic mass is 19.2. The second-order valence-corrected chi connectivity index (χ2v) is 7.44. The Morgan fingerprint density at radius 2 is 2.04 bits per heavy atom. The fourth-order valence-corrected chi connectivity index (χ4v) is 3.36. The maximum absolute atomic E-state index is 14.0. The Morgan fingerprint density at radius 3 is 2.67 bits per heavy atom. The third-order valence-electron chi connectivity index (χ3n) is 4.60. The molecule has 1 amide bonds. The van der Waals surface area contributed by atoms with Crippen LogP contribution in [0.25, 0.3) is 10.9 Å². The first-order valence-corrected chi connectivity index (χ1v) is 8.02. The Bertz CT molecular complexity index is 807. The van der Waals surface area contributed by atoms with Crippen LogP contribution >= 0.6 is 0 Å². The summed E-state index contributed by atoms with van der Waals surface area (Å²) >= 11 is 0. The highest BCUT2D eigenvalue weighted by molar-refractivity contribution is 5.85. The van der Waals surface area contributed by atoms with Crippen LogP contribution in [0.3, 0.4) is 0 Å². The molecule has 1 aromatic heterocycles. The van der Waals surface area contributed by atoms with Gasteiger partial charge in [-0.2, -0.15) is 0 Å². The zero-order chi connectivity index (χ0) is 17.8. The minimum absolute atomic E-state index is 0.137. The fourth-order valence-electron chi connectivity index (χ4n) is 3.36. The smallest absolute Gasteiger partial charge is 0.410 e. The first-order chi connectivity index (χ1) is 11.1. The number of carbonyl (C=O) groups excluding carboxylic acids is 1. The molecule has 2 aromatic rings. The lowest BCUT2D eigenvalue weighted by Gasteiger charge is -2.38. The standard InChI is InChI=1S/C18H22F2N2O2/c1-10-12-8-13(19)15(20)11-6-7-22(16(11)12)9-14(10)21(5)17(23)24-18(2,3)4/h6-8,10,14H,9H2,1-5H3/t10-,14-/m1/s1. The van der Waals surface area contributed by atoms with E-state index in [0.29, 0.717) is 17.6 Å². The van der Waals surface area contributed by atoms with E-state index in [1.165, 1.54) is 6.07 Å². The summed E-state index contributed by atoms with van der Waals surface area (Å²) in [5.74, 6) is -1.82. The van der Waals surface area contributed by atoms with Crippen LogP contribution in [-0.2, 0) is 11.3 Å². The van der Waals surface area contributed by atoms with Gasteiger partial charge in [0.15, 0.2) is 11.6 Å². The number of hydrogen-bond donors (Lipinski definition) is 0. The quantitative estimate of drug-likeness (QED) is 0.779. The van der Waals surface area contributed by atoms with Crippen LogP contribution in [-0.4, -0.2) is 34.3 Å². The highest BCUT2D eigenvalue weighted by Gasteiger charge is 2.35. The molecular formula is C18H22F2N2O2. The van der Waals surface area contributed by atoms with Crippen molar-refractivity contribution in [1.29, 1.82) is 0 Å². The molecule has 0 aliphatic carbocycles. The topological polar surface area (TPSA) is 34.5 Å². The van der Waals surface area contributed by atoms with E-state index in [-0.39, 0.29) is 17.3 Å². The number of carbonyl (C=O) groups is 1. The van der Waals surface area contributed by atoms with Crippen LogP contribution in [0.1, 0.15) is 39.2 Å². The van der Waals surface area contributed by atoms with E-state index in [1.807, 2.05) is 32.3 Å². The summed E-state index contributed by atoms with van der Waals surface area (Å²) in [5.41, 5.74) is 0.827. The van der Waals surface area contributed by atoms with E-state index in [1.54, 1.807) is 24.2 Å². The molecule has 0 bridgehead atoms. The second-order valence-electron chi connectivity index (χ2n) is 7.44. The first kappa shape index (κ1) is 16.7. The van der Waals surface area contributed by atoms with Gasteiger partial charge in [-0.25, -0.2) is 13.6 Å². The number of aromatic nitrogens is 1. The largest absolute Gasteiger partial charge is 0.444 e. The Labute approximate surface area is 140 Å². The molecule has 0 radical (unpaired) electrons. The molecule has 1 aliphatic heterocycles. The van der Waals surface area contributed by atoms with Gasteiger partial charge in [0, 0.05) is 31.1 Å². The van der Waals surface area contributed by atoms with Gasteiger partial charge in [-0.05, 0) is 38.5 Å². The number of rotatable bonds is 1. The Morgan fingerprint density at radius 1 is 1.38 bits per heavy atom. The Kier molecular flexibility index (Phi) is 3.81. The van der Waals surface area contributed by atoms with Crippen LogP contribution in [0.15, 0.2) is 18.3 Å². The number of halogens is 2. The van der Waals surface area contributed by atoms with Gasteiger partial charge in [-0.3, -0.25) is 0 Å². The van der Waals surface area contributed by atoms with Gasteiger partial charge in [0.25, 0.3) is 0 Å². The van der Waals surface area contributed by atoms with Crippen LogP contribution < -0.4 is 0 Å². The average molecular weight is 336 g/mol. The van der Waals surface area contributed by atoms with Crippen molar-refractivity contribution in [2.24, 2.45) is 0 Å². The molecule has 0 spiro atoms. The highest BCUT2D eigenvalue weighted by Crippen LogP contribution is 2.38. The number of likely N-dealkylation sites (N-methyl/N-ethyl adjacent to an activating group) is 1. The van der Waals surface area contributed by atoms with Crippen molar-refractivity contribution >= 4 is 17.0 Å². The lowest BCUT2D eigenvalue weighted by atomic mass is 9.88. The van der Waals surface area contributed by atoms with Gasteiger partial charge in [0.05, 0.1) is 11.6 Å². The summed E-state index contributed by atoms with van der Waals surface area (Å²) in [7, 11) is 1.68. The van der Waals surface area contributed by atoms with E-state index in [9.17, 15) is 13.6 Å². The maximum Gasteiger partial charge on any atom is 0.410 e. The molecule has 24 heavy (non-hydrogen) atoms. The van der Waals surface area contributed by atoms with E-state index >= 15 is 0 Å². The lowest BCUT2D eigenvalue weighted by molar-refractivity contribution is 0.0181. The van der Waals surface area contributed by atoms with Crippen molar-refractivity contribution in [3.05, 3.63) is 35.5 Å². The molecule has 6 heteroatoms. The zero-order valence-corrected chi connectivity index (χ0v) is 14.6. The van der Waals surface area contributed by atoms with E-state index in [4.69, 9.17) is 4.74 Å². The Hall–Kier alpha value is -2.11. The van der Waals surface area contributed by atoms with Gasteiger partial charge in [-0.15, -0.1) is 0 Å². The van der Waals surface area contributed by atoms with Crippen LogP contribution in [0.4, 0.5) is 13.6 Å². The number of hydrogen-bond acceptors (Lipinski definition) is 2. The van der Waals surface area contributed by atoms with Gasteiger partial charge < -0.3 is 14.2 Å². The first-order valence-electron chi connectivity index (χ1n) is 8.02. The number of nitrogens with zero attached hydrogens (tertiary/aromatic N) is 2. The summed E-state index contributed by atoms with van der Waals surface area (Å²) in [5, 5.41) is 0.287. The third-order valence-corrected chi connectivity index (χ3v) is 4.60. The van der Waals surface area contributed by atoms with Gasteiger partial charge in [0.1, 0.15) is 5.60 Å². The maximum atomic E-state index is 14.0. The summed E-state index contributed by atoms with van der Waals surface area (Å²) < 4.78 is 35.2. The minimum Gasteiger partial charge on any atom is -0.444 e. The normalized spacial score (nSPS) is 20.3. The van der Waals surface area contributed by atoms with Crippen molar-refractivity contribution in [3.63, 3.8) is 0 Å². The summed E-state index contributed by atoms with van der Waals surface area (Å²) in [6.45, 7) is 7.87. The number of ether oxygens (including phenoxy) is 1. The summed E-state index contributed by atoms with van der Waals surface area (Å²) in [4.78, 5) is 13.9. The minimum atomic E-state index is -0.859. The van der Waals surface area contributed by atoms with E-state index in [0.717, 1.165) is 0 Å². The van der Waals surface area contributed by atoms with Gasteiger partial charge in [-0.1, -0.05) is 6.92 Å². The van der Waals surface area contributed by atoms with Crippen molar-refractivity contribution in [2.45, 2.75) is 51.8 Å². The molecule has 0 saturated carbocycles. The molecule has 1 aromatic carbocycles. The molecule has 2 heterocycles. The Balaban J connectivity index is 1.97. The molecule has 0 fully saturated rings. The second kappa shape index (κ2) is 5.46. The summed E-state index contributed by atoms with van der Waals surface area (Å²) in [6, 6.07) is 2.63. The van der Waals surface area contributed by atoms with Crippen molar-refractivity contribution in [1.82, 2.24) is 9.47 Å². The van der Waals surface area contributed by atoms with Crippen LogP contribution in [0.2, 0.25) is 0 Å². The molecule has 1 aliphatic rings. The molecule has 3 rings (SSSR count).